The average molecular weight is 284 g/mol. The van der Waals surface area contributed by atoms with Crippen molar-refractivity contribution in [3.05, 3.63) is 22.1 Å². The van der Waals surface area contributed by atoms with Crippen molar-refractivity contribution in [2.45, 2.75) is 18.9 Å². The highest BCUT2D eigenvalue weighted by Crippen LogP contribution is 2.47. The maximum atomic E-state index is 11.9. The van der Waals surface area contributed by atoms with Gasteiger partial charge in [0, 0.05) is 24.5 Å². The van der Waals surface area contributed by atoms with E-state index in [2.05, 4.69) is 0 Å². The van der Waals surface area contributed by atoms with Crippen LogP contribution in [0.25, 0.3) is 0 Å². The van der Waals surface area contributed by atoms with E-state index in [9.17, 15) is 14.7 Å². The van der Waals surface area contributed by atoms with E-state index in [4.69, 9.17) is 10.8 Å². The lowest BCUT2D eigenvalue weighted by atomic mass is 9.85. The summed E-state index contributed by atoms with van der Waals surface area (Å²) in [7, 11) is 0. The fraction of sp³-hybridized carbons (Fsp3) is 0.500. The van der Waals surface area contributed by atoms with E-state index in [1.54, 1.807) is 11.5 Å². The van der Waals surface area contributed by atoms with Crippen molar-refractivity contribution in [3.8, 4) is 0 Å². The highest BCUT2D eigenvalue weighted by atomic mass is 32.2. The third kappa shape index (κ3) is 2.41. The number of aliphatic hydroxyl groups excluding tert-OH is 1. The first-order chi connectivity index (χ1) is 9.11. The molecule has 2 heterocycles. The molecule has 0 saturated carbocycles. The minimum absolute atomic E-state index is 0.0568. The largest absolute Gasteiger partial charge is 0.477 e. The molecule has 0 bridgehead atoms. The van der Waals surface area contributed by atoms with Gasteiger partial charge in [-0.2, -0.15) is 0 Å². The number of carbonyl (C=O) groups is 2. The van der Waals surface area contributed by atoms with Gasteiger partial charge in [0.1, 0.15) is 5.70 Å². The number of aliphatic hydroxyl groups is 1. The molecule has 0 aromatic rings. The van der Waals surface area contributed by atoms with Crippen LogP contribution in [0.4, 0.5) is 0 Å². The molecule has 1 saturated heterocycles. The summed E-state index contributed by atoms with van der Waals surface area (Å²) in [5.74, 6) is -1.53. The number of β-lactam (4-membered cyclic amide) rings is 1. The fourth-order valence-electron chi connectivity index (χ4n) is 2.50. The van der Waals surface area contributed by atoms with Gasteiger partial charge in [-0.1, -0.05) is 6.08 Å². The topological polar surface area (TPSA) is 104 Å². The maximum Gasteiger partial charge on any atom is 0.353 e. The van der Waals surface area contributed by atoms with E-state index >= 15 is 0 Å². The molecule has 0 radical (unpaired) electrons. The molecule has 1 amide bonds. The molecule has 0 aliphatic carbocycles. The molecular formula is C12H16N2O4S. The molecule has 2 unspecified atom stereocenters. The second-order valence-corrected chi connectivity index (χ2v) is 5.40. The van der Waals surface area contributed by atoms with Crippen molar-refractivity contribution in [3.63, 3.8) is 0 Å². The number of carboxylic acids is 1. The zero-order chi connectivity index (χ0) is 14.0. The maximum absolute atomic E-state index is 11.9. The lowest BCUT2D eigenvalue weighted by Crippen LogP contribution is -2.58. The molecule has 2 rings (SSSR count). The zero-order valence-electron chi connectivity index (χ0n) is 10.3. The van der Waals surface area contributed by atoms with Gasteiger partial charge in [0.25, 0.3) is 0 Å². The number of nitrogens with two attached hydrogens (primary N) is 1. The summed E-state index contributed by atoms with van der Waals surface area (Å²) >= 11 is 1.30. The zero-order valence-corrected chi connectivity index (χ0v) is 11.1. The van der Waals surface area contributed by atoms with Crippen LogP contribution in [-0.4, -0.2) is 46.2 Å². The van der Waals surface area contributed by atoms with Crippen LogP contribution in [0.15, 0.2) is 22.1 Å². The first kappa shape index (κ1) is 14.1. The van der Waals surface area contributed by atoms with Gasteiger partial charge in [-0.15, -0.1) is 11.8 Å². The summed E-state index contributed by atoms with van der Waals surface area (Å²) < 4.78 is 0. The van der Waals surface area contributed by atoms with Crippen LogP contribution in [0.3, 0.4) is 0 Å². The first-order valence-corrected chi connectivity index (χ1v) is 6.91. The van der Waals surface area contributed by atoms with Gasteiger partial charge >= 0.3 is 5.97 Å². The molecule has 0 aromatic heterocycles. The third-order valence-electron chi connectivity index (χ3n) is 3.34. The molecule has 19 heavy (non-hydrogen) atoms. The van der Waals surface area contributed by atoms with Gasteiger partial charge in [-0.25, -0.2) is 4.79 Å². The predicted molar refractivity (Wildman–Crippen MR) is 70.9 cm³/mol. The number of carbonyl (C=O) groups excluding carboxylic acids is 1. The Hall–Kier alpha value is -1.31. The van der Waals surface area contributed by atoms with Crippen LogP contribution in [0.1, 0.15) is 12.8 Å². The second kappa shape index (κ2) is 5.77. The van der Waals surface area contributed by atoms with Gasteiger partial charge in [-0.3, -0.25) is 4.79 Å². The number of nitrogens with zero attached hydrogens (tertiary/aromatic N) is 1. The number of fused-ring (bicyclic) bond motifs is 1. The summed E-state index contributed by atoms with van der Waals surface area (Å²) in [6.45, 7) is 0.334. The van der Waals surface area contributed by atoms with Crippen molar-refractivity contribution in [2.24, 2.45) is 11.7 Å². The van der Waals surface area contributed by atoms with Crippen LogP contribution in [-0.2, 0) is 9.59 Å². The van der Waals surface area contributed by atoms with Crippen LogP contribution < -0.4 is 5.73 Å². The number of hydrogen-bond acceptors (Lipinski definition) is 5. The van der Waals surface area contributed by atoms with Gasteiger partial charge in [0.2, 0.25) is 5.91 Å². The minimum atomic E-state index is -1.08. The SMILES string of the molecule is NC/C=C\SC1=C(C(=O)O)N2C(=O)C(CCO)C2C1. The average Bonchev–Trinajstić information content (AvgIpc) is 2.72. The molecule has 0 aromatic carbocycles. The predicted octanol–water partition coefficient (Wildman–Crippen LogP) is 0.101. The fourth-order valence-corrected chi connectivity index (χ4v) is 3.44. The highest BCUT2D eigenvalue weighted by molar-refractivity contribution is 8.05. The molecule has 7 heteroatoms. The van der Waals surface area contributed by atoms with Crippen LogP contribution in [0, 0.1) is 5.92 Å². The third-order valence-corrected chi connectivity index (χ3v) is 4.31. The molecular weight excluding hydrogens is 268 g/mol. The van der Waals surface area contributed by atoms with Crippen LogP contribution in [0.2, 0.25) is 0 Å². The Morgan fingerprint density at radius 3 is 2.89 bits per heavy atom. The van der Waals surface area contributed by atoms with Crippen molar-refractivity contribution in [2.75, 3.05) is 13.2 Å². The van der Waals surface area contributed by atoms with Crippen molar-refractivity contribution in [1.82, 2.24) is 4.90 Å². The smallest absolute Gasteiger partial charge is 0.353 e. The normalized spacial score (nSPS) is 26.0. The highest BCUT2D eigenvalue weighted by Gasteiger charge is 2.54. The monoisotopic (exact) mass is 284 g/mol. The van der Waals surface area contributed by atoms with Gasteiger partial charge in [0.15, 0.2) is 0 Å². The number of carboxylic acid groups (broad SMARTS) is 1. The molecule has 2 atom stereocenters. The Kier molecular flexibility index (Phi) is 4.28. The van der Waals surface area contributed by atoms with E-state index in [1.807, 2.05) is 0 Å². The Labute approximate surface area is 114 Å². The molecule has 1 fully saturated rings. The summed E-state index contributed by atoms with van der Waals surface area (Å²) in [5.41, 5.74) is 5.41. The van der Waals surface area contributed by atoms with E-state index < -0.39 is 5.97 Å². The lowest BCUT2D eigenvalue weighted by Gasteiger charge is -2.43. The van der Waals surface area contributed by atoms with Crippen molar-refractivity contribution >= 4 is 23.6 Å². The number of amides is 1. The molecule has 6 nitrogen and oxygen atoms in total. The van der Waals surface area contributed by atoms with E-state index in [0.29, 0.717) is 24.3 Å². The Morgan fingerprint density at radius 1 is 1.58 bits per heavy atom. The molecule has 2 aliphatic rings. The summed E-state index contributed by atoms with van der Waals surface area (Å²) in [6, 6.07) is -0.112. The summed E-state index contributed by atoms with van der Waals surface area (Å²) in [4.78, 5) is 25.2. The van der Waals surface area contributed by atoms with Crippen LogP contribution >= 0.6 is 11.8 Å². The van der Waals surface area contributed by atoms with Crippen molar-refractivity contribution in [1.29, 1.82) is 0 Å². The summed E-state index contributed by atoms with van der Waals surface area (Å²) in [5, 5.41) is 19.9. The van der Waals surface area contributed by atoms with Gasteiger partial charge in [-0.05, 0) is 11.8 Å². The van der Waals surface area contributed by atoms with E-state index in [0.717, 1.165) is 0 Å². The molecule has 4 N–H and O–H groups in total. The number of thioether (sulfide) groups is 1. The summed E-state index contributed by atoms with van der Waals surface area (Å²) in [6.07, 6.45) is 2.67. The van der Waals surface area contributed by atoms with Gasteiger partial charge < -0.3 is 20.8 Å². The lowest BCUT2D eigenvalue weighted by molar-refractivity contribution is -0.155. The van der Waals surface area contributed by atoms with Crippen LogP contribution in [0.5, 0.6) is 0 Å². The minimum Gasteiger partial charge on any atom is -0.477 e. The Bertz CT molecular complexity index is 461. The van der Waals surface area contributed by atoms with Gasteiger partial charge in [0.05, 0.1) is 12.0 Å². The second-order valence-electron chi connectivity index (χ2n) is 4.40. The Balaban J connectivity index is 2.16. The molecule has 104 valence electrons. The van der Waals surface area contributed by atoms with E-state index in [-0.39, 0.29) is 30.2 Å². The number of hydrogen-bond donors (Lipinski definition) is 3. The number of rotatable bonds is 6. The quantitative estimate of drug-likeness (QED) is 0.598. The standard InChI is InChI=1S/C12H16N2O4S/c13-3-1-5-19-9-6-8-7(2-4-15)11(16)14(8)10(9)12(17)18/h1,5,7-8,15H,2-4,6,13H2,(H,17,18)/b5-1-. The van der Waals surface area contributed by atoms with Crippen molar-refractivity contribution < 1.29 is 19.8 Å². The number of aliphatic carboxylic acids is 1. The first-order valence-electron chi connectivity index (χ1n) is 6.04. The molecule has 2 aliphatic heterocycles. The van der Waals surface area contributed by atoms with E-state index in [1.165, 1.54) is 16.7 Å². The molecule has 0 spiro atoms. The Morgan fingerprint density at radius 2 is 2.32 bits per heavy atom.